The Hall–Kier alpha value is -1.86. The van der Waals surface area contributed by atoms with E-state index in [0.29, 0.717) is 18.5 Å². The predicted octanol–water partition coefficient (Wildman–Crippen LogP) is 1.07. The fourth-order valence-corrected chi connectivity index (χ4v) is 4.02. The van der Waals surface area contributed by atoms with E-state index >= 15 is 0 Å². The molecule has 6 nitrogen and oxygen atoms in total. The molecule has 112 valence electrons. The summed E-state index contributed by atoms with van der Waals surface area (Å²) in [6, 6.07) is 5.11. The van der Waals surface area contributed by atoms with Crippen LogP contribution in [0.5, 0.6) is 0 Å². The second kappa shape index (κ2) is 4.85. The zero-order valence-corrected chi connectivity index (χ0v) is 12.8. The van der Waals surface area contributed by atoms with Crippen LogP contribution in [0.4, 0.5) is 0 Å². The Morgan fingerprint density at radius 3 is 2.62 bits per heavy atom. The van der Waals surface area contributed by atoms with E-state index in [-0.39, 0.29) is 17.0 Å². The summed E-state index contributed by atoms with van der Waals surface area (Å²) in [5.41, 5.74) is 3.05. The summed E-state index contributed by atoms with van der Waals surface area (Å²) < 4.78 is 26.8. The van der Waals surface area contributed by atoms with Crippen LogP contribution in [0.1, 0.15) is 22.4 Å². The van der Waals surface area contributed by atoms with Crippen LogP contribution in [-0.4, -0.2) is 29.5 Å². The number of hydrogen-bond acceptors (Lipinski definition) is 3. The molecule has 1 aromatic heterocycles. The number of nitrogens with one attached hydrogen (secondary N) is 2. The Bertz CT molecular complexity index is 849. The largest absolute Gasteiger partial charge is 0.302 e. The van der Waals surface area contributed by atoms with Crippen molar-refractivity contribution in [3.05, 3.63) is 50.9 Å². The van der Waals surface area contributed by atoms with E-state index < -0.39 is 10.0 Å². The van der Waals surface area contributed by atoms with Gasteiger partial charge < -0.3 is 5.10 Å². The van der Waals surface area contributed by atoms with E-state index in [2.05, 4.69) is 10.2 Å². The molecule has 0 saturated heterocycles. The van der Waals surface area contributed by atoms with Crippen molar-refractivity contribution in [2.45, 2.75) is 31.7 Å². The van der Waals surface area contributed by atoms with Crippen LogP contribution in [0, 0.1) is 13.8 Å². The lowest BCUT2D eigenvalue weighted by atomic mass is 10.1. The van der Waals surface area contributed by atoms with Crippen LogP contribution in [0.3, 0.4) is 0 Å². The SMILES string of the molecule is Cc1ccc(S(=O)(=O)N2CCc3[nH][nH]c(=O)c3C2)cc1C. The summed E-state index contributed by atoms with van der Waals surface area (Å²) in [7, 11) is -3.57. The molecular weight excluding hydrogens is 290 g/mol. The lowest BCUT2D eigenvalue weighted by Crippen LogP contribution is -2.37. The van der Waals surface area contributed by atoms with Crippen molar-refractivity contribution in [3.8, 4) is 0 Å². The summed E-state index contributed by atoms with van der Waals surface area (Å²) in [5, 5.41) is 5.30. The summed E-state index contributed by atoms with van der Waals surface area (Å²) in [6.07, 6.45) is 0.512. The molecule has 2 aromatic rings. The Kier molecular flexibility index (Phi) is 3.26. The first-order chi connectivity index (χ1) is 9.89. The first-order valence-corrected chi connectivity index (χ1v) is 8.19. The molecule has 7 heteroatoms. The number of H-pyrrole nitrogens is 2. The maximum atomic E-state index is 12.7. The van der Waals surface area contributed by atoms with Crippen molar-refractivity contribution in [2.75, 3.05) is 6.54 Å². The maximum Gasteiger partial charge on any atom is 0.268 e. The minimum atomic E-state index is -3.57. The molecule has 3 rings (SSSR count). The molecule has 0 aliphatic carbocycles. The van der Waals surface area contributed by atoms with Crippen LogP contribution in [-0.2, 0) is 23.0 Å². The van der Waals surface area contributed by atoms with Gasteiger partial charge in [-0.1, -0.05) is 6.07 Å². The minimum absolute atomic E-state index is 0.115. The van der Waals surface area contributed by atoms with Crippen molar-refractivity contribution in [1.29, 1.82) is 0 Å². The molecular formula is C14H17N3O3S. The summed E-state index contributed by atoms with van der Waals surface area (Å²) in [5.74, 6) is 0. The van der Waals surface area contributed by atoms with Gasteiger partial charge in [-0.2, -0.15) is 4.31 Å². The van der Waals surface area contributed by atoms with Crippen LogP contribution >= 0.6 is 0 Å². The summed E-state index contributed by atoms with van der Waals surface area (Å²) in [6.45, 7) is 4.32. The minimum Gasteiger partial charge on any atom is -0.302 e. The molecule has 0 saturated carbocycles. The van der Waals surface area contributed by atoms with Gasteiger partial charge in [-0.05, 0) is 37.1 Å². The average molecular weight is 307 g/mol. The first-order valence-electron chi connectivity index (χ1n) is 6.75. The van der Waals surface area contributed by atoms with E-state index in [1.807, 2.05) is 13.8 Å². The average Bonchev–Trinajstić information content (AvgIpc) is 2.83. The number of aryl methyl sites for hydroxylation is 2. The quantitative estimate of drug-likeness (QED) is 0.870. The standard InChI is InChI=1S/C14H17N3O3S/c1-9-3-4-11(7-10(9)2)21(19,20)17-6-5-13-12(8-17)14(18)16-15-13/h3-4,7H,5-6,8H2,1-2H3,(H2,15,16,18). The van der Waals surface area contributed by atoms with Crippen LogP contribution in [0.15, 0.2) is 27.9 Å². The molecule has 0 amide bonds. The van der Waals surface area contributed by atoms with Gasteiger partial charge in [-0.25, -0.2) is 8.42 Å². The van der Waals surface area contributed by atoms with Gasteiger partial charge in [0.15, 0.2) is 0 Å². The molecule has 1 aromatic carbocycles. The van der Waals surface area contributed by atoms with Gasteiger partial charge in [-0.15, -0.1) is 0 Å². The lowest BCUT2D eigenvalue weighted by Gasteiger charge is -2.25. The highest BCUT2D eigenvalue weighted by Gasteiger charge is 2.30. The number of aromatic amines is 2. The van der Waals surface area contributed by atoms with Crippen molar-refractivity contribution >= 4 is 10.0 Å². The molecule has 0 fully saturated rings. The van der Waals surface area contributed by atoms with Crippen molar-refractivity contribution in [1.82, 2.24) is 14.5 Å². The normalized spacial score (nSPS) is 15.9. The number of sulfonamides is 1. The molecule has 2 N–H and O–H groups in total. The van der Waals surface area contributed by atoms with Crippen LogP contribution < -0.4 is 5.56 Å². The van der Waals surface area contributed by atoms with Gasteiger partial charge in [0.1, 0.15) is 0 Å². The topological polar surface area (TPSA) is 86.0 Å². The van der Waals surface area contributed by atoms with E-state index in [1.165, 1.54) is 4.31 Å². The van der Waals surface area contributed by atoms with Crippen LogP contribution in [0.25, 0.3) is 0 Å². The van der Waals surface area contributed by atoms with Gasteiger partial charge in [0, 0.05) is 25.2 Å². The number of aromatic nitrogens is 2. The number of fused-ring (bicyclic) bond motifs is 1. The number of nitrogens with zero attached hydrogens (tertiary/aromatic N) is 1. The van der Waals surface area contributed by atoms with E-state index in [0.717, 1.165) is 16.8 Å². The molecule has 0 radical (unpaired) electrons. The molecule has 1 aliphatic rings. The first kappa shape index (κ1) is 14.1. The monoisotopic (exact) mass is 307 g/mol. The second-order valence-electron chi connectivity index (χ2n) is 5.37. The third-order valence-corrected chi connectivity index (χ3v) is 5.87. The van der Waals surface area contributed by atoms with Crippen LogP contribution in [0.2, 0.25) is 0 Å². The van der Waals surface area contributed by atoms with Crippen molar-refractivity contribution < 1.29 is 8.42 Å². The highest BCUT2D eigenvalue weighted by Crippen LogP contribution is 2.23. The van der Waals surface area contributed by atoms with E-state index in [4.69, 9.17) is 0 Å². The van der Waals surface area contributed by atoms with E-state index in [9.17, 15) is 13.2 Å². The Morgan fingerprint density at radius 1 is 1.14 bits per heavy atom. The molecule has 0 atom stereocenters. The zero-order chi connectivity index (χ0) is 15.2. The summed E-state index contributed by atoms with van der Waals surface area (Å²) >= 11 is 0. The molecule has 2 heterocycles. The molecule has 0 spiro atoms. The molecule has 0 bridgehead atoms. The maximum absolute atomic E-state index is 12.7. The molecule has 21 heavy (non-hydrogen) atoms. The van der Waals surface area contributed by atoms with Gasteiger partial charge in [-0.3, -0.25) is 9.89 Å². The zero-order valence-electron chi connectivity index (χ0n) is 11.9. The fourth-order valence-electron chi connectivity index (χ4n) is 2.52. The van der Waals surface area contributed by atoms with Crippen molar-refractivity contribution in [2.24, 2.45) is 0 Å². The highest BCUT2D eigenvalue weighted by atomic mass is 32.2. The Labute approximate surface area is 122 Å². The number of rotatable bonds is 2. The third-order valence-electron chi connectivity index (χ3n) is 4.03. The van der Waals surface area contributed by atoms with Crippen molar-refractivity contribution in [3.63, 3.8) is 0 Å². The van der Waals surface area contributed by atoms with Gasteiger partial charge >= 0.3 is 0 Å². The summed E-state index contributed by atoms with van der Waals surface area (Å²) in [4.78, 5) is 11.9. The molecule has 0 unspecified atom stereocenters. The molecule has 1 aliphatic heterocycles. The van der Waals surface area contributed by atoms with Gasteiger partial charge in [0.25, 0.3) is 5.56 Å². The Morgan fingerprint density at radius 2 is 1.90 bits per heavy atom. The third kappa shape index (κ3) is 2.32. The van der Waals surface area contributed by atoms with E-state index in [1.54, 1.807) is 18.2 Å². The predicted molar refractivity (Wildman–Crippen MR) is 78.6 cm³/mol. The number of benzene rings is 1. The second-order valence-corrected chi connectivity index (χ2v) is 7.31. The smallest absolute Gasteiger partial charge is 0.268 e. The fraction of sp³-hybridized carbons (Fsp3) is 0.357. The number of hydrogen-bond donors (Lipinski definition) is 2. The highest BCUT2D eigenvalue weighted by molar-refractivity contribution is 7.89. The Balaban J connectivity index is 1.98. The van der Waals surface area contributed by atoms with Gasteiger partial charge in [0.05, 0.1) is 10.5 Å². The lowest BCUT2D eigenvalue weighted by molar-refractivity contribution is 0.389. The van der Waals surface area contributed by atoms with Gasteiger partial charge in [0.2, 0.25) is 10.0 Å².